The lowest BCUT2D eigenvalue weighted by molar-refractivity contribution is 0.0958. The second-order valence-electron chi connectivity index (χ2n) is 5.02. The summed E-state index contributed by atoms with van der Waals surface area (Å²) in [4.78, 5) is 14.2. The molecule has 22 heavy (non-hydrogen) atoms. The van der Waals surface area contributed by atoms with Crippen LogP contribution in [0.3, 0.4) is 0 Å². The zero-order valence-corrected chi connectivity index (χ0v) is 13.8. The molecular formula is C19H25NO2. The van der Waals surface area contributed by atoms with Gasteiger partial charge in [0.15, 0.2) is 5.78 Å². The lowest BCUT2D eigenvalue weighted by atomic mass is 9.93. The predicted molar refractivity (Wildman–Crippen MR) is 92.0 cm³/mol. The Morgan fingerprint density at radius 2 is 1.50 bits per heavy atom. The molecule has 0 heterocycles. The maximum Gasteiger partial charge on any atom is 0.177 e. The van der Waals surface area contributed by atoms with Crippen molar-refractivity contribution in [2.45, 2.75) is 20.5 Å². The van der Waals surface area contributed by atoms with Crippen LogP contribution in [0.4, 0.5) is 0 Å². The van der Waals surface area contributed by atoms with Crippen LogP contribution in [0.15, 0.2) is 48.5 Å². The Labute approximate surface area is 133 Å². The van der Waals surface area contributed by atoms with Crippen LogP contribution in [-0.4, -0.2) is 36.4 Å². The fourth-order valence-corrected chi connectivity index (χ4v) is 2.25. The van der Waals surface area contributed by atoms with E-state index in [0.717, 1.165) is 16.7 Å². The van der Waals surface area contributed by atoms with E-state index < -0.39 is 0 Å². The molecule has 0 saturated heterocycles. The first-order valence-electron chi connectivity index (χ1n) is 7.59. The predicted octanol–water partition coefficient (Wildman–Crippen LogP) is 3.62. The van der Waals surface area contributed by atoms with Gasteiger partial charge in [-0.05, 0) is 30.8 Å². The molecule has 0 spiro atoms. The minimum atomic E-state index is -0.0353. The van der Waals surface area contributed by atoms with Crippen molar-refractivity contribution >= 4 is 5.78 Å². The van der Waals surface area contributed by atoms with Gasteiger partial charge in [-0.1, -0.05) is 62.4 Å². The molecular weight excluding hydrogens is 274 g/mol. The number of carbonyl (C=O) groups excluding carboxylic acids is 1. The number of likely N-dealkylation sites (N-methyl/N-ethyl adjacent to an activating group) is 1. The van der Waals surface area contributed by atoms with E-state index in [1.807, 2.05) is 81.4 Å². The van der Waals surface area contributed by atoms with Gasteiger partial charge in [-0.3, -0.25) is 4.79 Å². The zero-order chi connectivity index (χ0) is 16.5. The van der Waals surface area contributed by atoms with Gasteiger partial charge in [-0.25, -0.2) is 0 Å². The third-order valence-corrected chi connectivity index (χ3v) is 3.17. The second-order valence-corrected chi connectivity index (χ2v) is 5.02. The average molecular weight is 299 g/mol. The van der Waals surface area contributed by atoms with Crippen molar-refractivity contribution in [1.29, 1.82) is 0 Å². The number of ketones is 1. The monoisotopic (exact) mass is 299 g/mol. The Kier molecular flexibility index (Phi) is 7.50. The van der Waals surface area contributed by atoms with Crippen LogP contribution in [0, 0.1) is 0 Å². The summed E-state index contributed by atoms with van der Waals surface area (Å²) >= 11 is 0. The summed E-state index contributed by atoms with van der Waals surface area (Å²) in [6.45, 7) is 4.34. The second kappa shape index (κ2) is 9.13. The van der Waals surface area contributed by atoms with Crippen LogP contribution >= 0.6 is 0 Å². The molecule has 0 unspecified atom stereocenters. The van der Waals surface area contributed by atoms with Crippen LogP contribution in [0.25, 0.3) is 11.1 Å². The summed E-state index contributed by atoms with van der Waals surface area (Å²) < 4.78 is 0. The number of aliphatic hydroxyl groups is 1. The van der Waals surface area contributed by atoms with Gasteiger partial charge in [-0.15, -0.1) is 0 Å². The molecule has 2 aromatic rings. The lowest BCUT2D eigenvalue weighted by Gasteiger charge is -2.14. The van der Waals surface area contributed by atoms with E-state index >= 15 is 0 Å². The van der Waals surface area contributed by atoms with E-state index in [-0.39, 0.29) is 12.4 Å². The third-order valence-electron chi connectivity index (χ3n) is 3.17. The van der Waals surface area contributed by atoms with Crippen LogP contribution in [0.1, 0.15) is 29.8 Å². The summed E-state index contributed by atoms with van der Waals surface area (Å²) in [6, 6.07) is 15.2. The fraction of sp³-hybridized carbons (Fsp3) is 0.316. The van der Waals surface area contributed by atoms with Crippen LogP contribution in [0.5, 0.6) is 0 Å². The number of hydrogen-bond acceptors (Lipinski definition) is 3. The highest BCUT2D eigenvalue weighted by molar-refractivity contribution is 6.03. The molecule has 0 aliphatic rings. The number of nitrogens with zero attached hydrogens (tertiary/aromatic N) is 1. The van der Waals surface area contributed by atoms with E-state index in [1.165, 1.54) is 0 Å². The Bertz CT molecular complexity index is 606. The molecule has 0 bridgehead atoms. The largest absolute Gasteiger partial charge is 0.392 e. The first-order chi connectivity index (χ1) is 10.6. The van der Waals surface area contributed by atoms with E-state index in [4.69, 9.17) is 0 Å². The minimum absolute atomic E-state index is 0.0353. The highest BCUT2D eigenvalue weighted by atomic mass is 16.3. The first-order valence-corrected chi connectivity index (χ1v) is 7.59. The van der Waals surface area contributed by atoms with Crippen molar-refractivity contribution in [1.82, 2.24) is 4.90 Å². The highest BCUT2D eigenvalue weighted by Crippen LogP contribution is 2.27. The summed E-state index contributed by atoms with van der Waals surface area (Å²) in [7, 11) is 3.75. The van der Waals surface area contributed by atoms with Gasteiger partial charge in [-0.2, -0.15) is 0 Å². The number of rotatable bonds is 5. The molecule has 2 rings (SSSR count). The molecule has 3 nitrogen and oxygen atoms in total. The fourth-order valence-electron chi connectivity index (χ4n) is 2.25. The van der Waals surface area contributed by atoms with Gasteiger partial charge >= 0.3 is 0 Å². The Hall–Kier alpha value is -1.97. The molecule has 1 N–H and O–H groups in total. The number of Topliss-reactive ketones (excluding diaryl/α,β-unsaturated/α-hetero) is 1. The van der Waals surface area contributed by atoms with Gasteiger partial charge in [0.05, 0.1) is 13.2 Å². The van der Waals surface area contributed by atoms with Crippen LogP contribution < -0.4 is 0 Å². The normalized spacial score (nSPS) is 10.1. The van der Waals surface area contributed by atoms with Gasteiger partial charge in [0.2, 0.25) is 0 Å². The average Bonchev–Trinajstić information content (AvgIpc) is 2.56. The number of aliphatic hydroxyl groups excluding tert-OH is 1. The number of carbonyl (C=O) groups is 1. The van der Waals surface area contributed by atoms with Crippen LogP contribution in [0.2, 0.25) is 0 Å². The molecule has 2 aromatic carbocycles. The van der Waals surface area contributed by atoms with Gasteiger partial charge < -0.3 is 10.0 Å². The standard InChI is InChI=1S/C17H19NO2.C2H6/c1-18(2)11-17(20)16-10-6-5-9-15(16)14-8-4-3-7-13(14)12-19;1-2/h3-10,19H,11-12H2,1-2H3;1-2H3. The zero-order valence-electron chi connectivity index (χ0n) is 13.8. The Morgan fingerprint density at radius 3 is 2.09 bits per heavy atom. The molecule has 0 atom stereocenters. The Morgan fingerprint density at radius 1 is 0.955 bits per heavy atom. The van der Waals surface area contributed by atoms with Gasteiger partial charge in [0.1, 0.15) is 0 Å². The van der Waals surface area contributed by atoms with E-state index in [9.17, 15) is 9.90 Å². The molecule has 0 amide bonds. The van der Waals surface area contributed by atoms with Crippen molar-refractivity contribution in [2.75, 3.05) is 20.6 Å². The van der Waals surface area contributed by atoms with Gasteiger partial charge in [0.25, 0.3) is 0 Å². The third kappa shape index (κ3) is 4.52. The lowest BCUT2D eigenvalue weighted by Crippen LogP contribution is -2.22. The van der Waals surface area contributed by atoms with Crippen molar-refractivity contribution in [3.63, 3.8) is 0 Å². The highest BCUT2D eigenvalue weighted by Gasteiger charge is 2.14. The summed E-state index contributed by atoms with van der Waals surface area (Å²) in [5, 5.41) is 9.46. The van der Waals surface area contributed by atoms with Crippen molar-refractivity contribution in [3.05, 3.63) is 59.7 Å². The Balaban J connectivity index is 0.00000116. The van der Waals surface area contributed by atoms with Crippen molar-refractivity contribution in [3.8, 4) is 11.1 Å². The summed E-state index contributed by atoms with van der Waals surface area (Å²) in [6.07, 6.45) is 0. The minimum Gasteiger partial charge on any atom is -0.392 e. The van der Waals surface area contributed by atoms with E-state index in [1.54, 1.807) is 0 Å². The summed E-state index contributed by atoms with van der Waals surface area (Å²) in [5.74, 6) is 0.0818. The SMILES string of the molecule is CC.CN(C)CC(=O)c1ccccc1-c1ccccc1CO. The van der Waals surface area contributed by atoms with Crippen molar-refractivity contribution < 1.29 is 9.90 Å². The van der Waals surface area contributed by atoms with Gasteiger partial charge in [0, 0.05) is 5.56 Å². The first kappa shape index (κ1) is 18.1. The smallest absolute Gasteiger partial charge is 0.177 e. The molecule has 0 saturated carbocycles. The molecule has 0 fully saturated rings. The molecule has 0 aliphatic heterocycles. The number of benzene rings is 2. The summed E-state index contributed by atoms with van der Waals surface area (Å²) in [5.41, 5.74) is 3.32. The molecule has 0 radical (unpaired) electrons. The van der Waals surface area contributed by atoms with E-state index in [0.29, 0.717) is 12.1 Å². The maximum atomic E-state index is 12.3. The quantitative estimate of drug-likeness (QED) is 0.857. The maximum absolute atomic E-state index is 12.3. The molecule has 0 aromatic heterocycles. The van der Waals surface area contributed by atoms with Crippen molar-refractivity contribution in [2.24, 2.45) is 0 Å². The molecule has 118 valence electrons. The molecule has 0 aliphatic carbocycles. The van der Waals surface area contributed by atoms with Crippen LogP contribution in [-0.2, 0) is 6.61 Å². The topological polar surface area (TPSA) is 40.5 Å². The number of hydrogen-bond donors (Lipinski definition) is 1. The van der Waals surface area contributed by atoms with E-state index in [2.05, 4.69) is 0 Å². The molecule has 3 heteroatoms.